The molecule has 2 N–H and O–H groups in total. The van der Waals surface area contributed by atoms with E-state index in [1.165, 1.54) is 31.4 Å². The SMILES string of the molecule is COCC1=CCN(C2CCC2CN)CC1. The Morgan fingerprint density at radius 1 is 1.53 bits per heavy atom. The summed E-state index contributed by atoms with van der Waals surface area (Å²) in [5.41, 5.74) is 7.20. The molecule has 0 bridgehead atoms. The number of rotatable bonds is 4. The van der Waals surface area contributed by atoms with Crippen LogP contribution in [0.15, 0.2) is 11.6 Å². The van der Waals surface area contributed by atoms with E-state index in [-0.39, 0.29) is 0 Å². The van der Waals surface area contributed by atoms with Crippen LogP contribution in [-0.2, 0) is 4.74 Å². The Labute approximate surface area is 92.3 Å². The number of methoxy groups -OCH3 is 1. The first-order valence-electron chi connectivity index (χ1n) is 5.96. The Hall–Kier alpha value is -0.380. The highest BCUT2D eigenvalue weighted by Gasteiger charge is 2.34. The summed E-state index contributed by atoms with van der Waals surface area (Å²) >= 11 is 0. The lowest BCUT2D eigenvalue weighted by atomic mass is 9.78. The molecule has 0 aromatic rings. The fraction of sp³-hybridized carbons (Fsp3) is 0.833. The van der Waals surface area contributed by atoms with Gasteiger partial charge in [-0.15, -0.1) is 0 Å². The van der Waals surface area contributed by atoms with E-state index in [9.17, 15) is 0 Å². The first-order valence-corrected chi connectivity index (χ1v) is 5.96. The largest absolute Gasteiger partial charge is 0.380 e. The smallest absolute Gasteiger partial charge is 0.0673 e. The van der Waals surface area contributed by atoms with E-state index in [0.29, 0.717) is 0 Å². The van der Waals surface area contributed by atoms with Crippen molar-refractivity contribution in [1.82, 2.24) is 4.90 Å². The minimum Gasteiger partial charge on any atom is -0.380 e. The summed E-state index contributed by atoms with van der Waals surface area (Å²) in [6.07, 6.45) is 6.17. The van der Waals surface area contributed by atoms with Gasteiger partial charge in [0.1, 0.15) is 0 Å². The summed E-state index contributed by atoms with van der Waals surface area (Å²) in [5, 5.41) is 0. The Kier molecular flexibility index (Phi) is 3.78. The third kappa shape index (κ3) is 2.41. The molecule has 0 aromatic heterocycles. The third-order valence-corrected chi connectivity index (χ3v) is 3.81. The van der Waals surface area contributed by atoms with Crippen molar-refractivity contribution >= 4 is 0 Å². The first-order chi connectivity index (χ1) is 7.35. The molecular weight excluding hydrogens is 188 g/mol. The molecule has 3 nitrogen and oxygen atoms in total. The van der Waals surface area contributed by atoms with Crippen molar-refractivity contribution < 1.29 is 4.74 Å². The molecule has 2 unspecified atom stereocenters. The maximum absolute atomic E-state index is 5.74. The van der Waals surface area contributed by atoms with Gasteiger partial charge in [0.2, 0.25) is 0 Å². The summed E-state index contributed by atoms with van der Waals surface area (Å²) in [6.45, 7) is 3.95. The normalized spacial score (nSPS) is 32.3. The predicted octanol–water partition coefficient (Wildman–Crippen LogP) is 1.00. The molecule has 0 spiro atoms. The number of nitrogens with two attached hydrogens (primary N) is 1. The lowest BCUT2D eigenvalue weighted by Crippen LogP contribution is -2.51. The minimum atomic E-state index is 0.752. The van der Waals surface area contributed by atoms with Crippen LogP contribution in [-0.4, -0.2) is 44.3 Å². The van der Waals surface area contributed by atoms with Crippen molar-refractivity contribution in [3.8, 4) is 0 Å². The average Bonchev–Trinajstić information content (AvgIpc) is 2.20. The zero-order valence-electron chi connectivity index (χ0n) is 9.61. The van der Waals surface area contributed by atoms with Crippen LogP contribution in [0, 0.1) is 5.92 Å². The van der Waals surface area contributed by atoms with Crippen LogP contribution >= 0.6 is 0 Å². The lowest BCUT2D eigenvalue weighted by Gasteiger charge is -2.45. The molecule has 1 aliphatic heterocycles. The topological polar surface area (TPSA) is 38.5 Å². The average molecular weight is 210 g/mol. The molecule has 3 heteroatoms. The van der Waals surface area contributed by atoms with Crippen LogP contribution < -0.4 is 5.73 Å². The molecule has 1 fully saturated rings. The maximum atomic E-state index is 5.74. The highest BCUT2D eigenvalue weighted by Crippen LogP contribution is 2.32. The second-order valence-corrected chi connectivity index (χ2v) is 4.68. The van der Waals surface area contributed by atoms with Crippen LogP contribution in [0.4, 0.5) is 0 Å². The zero-order valence-corrected chi connectivity index (χ0v) is 9.61. The van der Waals surface area contributed by atoms with Crippen LogP contribution in [0.25, 0.3) is 0 Å². The van der Waals surface area contributed by atoms with Crippen molar-refractivity contribution in [2.24, 2.45) is 11.7 Å². The van der Waals surface area contributed by atoms with Gasteiger partial charge in [0.25, 0.3) is 0 Å². The molecular formula is C12H22N2O. The van der Waals surface area contributed by atoms with Gasteiger partial charge < -0.3 is 10.5 Å². The van der Waals surface area contributed by atoms with Gasteiger partial charge in [0.05, 0.1) is 6.61 Å². The minimum absolute atomic E-state index is 0.752. The van der Waals surface area contributed by atoms with Gasteiger partial charge in [-0.05, 0) is 37.3 Å². The molecule has 1 heterocycles. The van der Waals surface area contributed by atoms with Gasteiger partial charge >= 0.3 is 0 Å². The van der Waals surface area contributed by atoms with E-state index >= 15 is 0 Å². The van der Waals surface area contributed by atoms with Crippen molar-refractivity contribution in [3.05, 3.63) is 11.6 Å². The van der Waals surface area contributed by atoms with E-state index in [0.717, 1.165) is 31.7 Å². The van der Waals surface area contributed by atoms with Crippen molar-refractivity contribution in [2.45, 2.75) is 25.3 Å². The Morgan fingerprint density at radius 2 is 2.40 bits per heavy atom. The number of hydrogen-bond acceptors (Lipinski definition) is 3. The predicted molar refractivity (Wildman–Crippen MR) is 61.7 cm³/mol. The number of nitrogens with zero attached hydrogens (tertiary/aromatic N) is 1. The molecule has 2 atom stereocenters. The summed E-state index contributed by atoms with van der Waals surface area (Å²) in [4.78, 5) is 2.58. The highest BCUT2D eigenvalue weighted by atomic mass is 16.5. The number of ether oxygens (including phenoxy) is 1. The molecule has 2 rings (SSSR count). The van der Waals surface area contributed by atoms with Crippen molar-refractivity contribution in [2.75, 3.05) is 33.4 Å². The lowest BCUT2D eigenvalue weighted by molar-refractivity contribution is 0.0717. The van der Waals surface area contributed by atoms with E-state index in [1.807, 2.05) is 0 Å². The van der Waals surface area contributed by atoms with Gasteiger partial charge in [0.15, 0.2) is 0 Å². The Morgan fingerprint density at radius 3 is 2.87 bits per heavy atom. The standard InChI is InChI=1S/C12H22N2O/c1-15-9-10-4-6-14(7-5-10)12-3-2-11(12)8-13/h4,11-12H,2-3,5-9,13H2,1H3. The first kappa shape index (κ1) is 11.1. The maximum Gasteiger partial charge on any atom is 0.0673 e. The molecule has 2 aliphatic rings. The van der Waals surface area contributed by atoms with Crippen molar-refractivity contribution in [1.29, 1.82) is 0 Å². The van der Waals surface area contributed by atoms with Crippen molar-refractivity contribution in [3.63, 3.8) is 0 Å². The Balaban J connectivity index is 1.82. The van der Waals surface area contributed by atoms with Crippen LogP contribution in [0.5, 0.6) is 0 Å². The van der Waals surface area contributed by atoms with E-state index < -0.39 is 0 Å². The second-order valence-electron chi connectivity index (χ2n) is 4.68. The van der Waals surface area contributed by atoms with Gasteiger partial charge in [0, 0.05) is 26.2 Å². The van der Waals surface area contributed by atoms with Gasteiger partial charge in [-0.2, -0.15) is 0 Å². The fourth-order valence-corrected chi connectivity index (χ4v) is 2.65. The summed E-state index contributed by atoms with van der Waals surface area (Å²) < 4.78 is 5.15. The van der Waals surface area contributed by atoms with E-state index in [1.54, 1.807) is 7.11 Å². The second kappa shape index (κ2) is 5.10. The zero-order chi connectivity index (χ0) is 10.7. The van der Waals surface area contributed by atoms with E-state index in [2.05, 4.69) is 11.0 Å². The van der Waals surface area contributed by atoms with Crippen LogP contribution in [0.1, 0.15) is 19.3 Å². The molecule has 1 aliphatic carbocycles. The van der Waals surface area contributed by atoms with Gasteiger partial charge in [-0.1, -0.05) is 6.08 Å². The van der Waals surface area contributed by atoms with Gasteiger partial charge in [-0.25, -0.2) is 0 Å². The molecule has 0 amide bonds. The number of hydrogen-bond donors (Lipinski definition) is 1. The molecule has 15 heavy (non-hydrogen) atoms. The van der Waals surface area contributed by atoms with Crippen LogP contribution in [0.2, 0.25) is 0 Å². The van der Waals surface area contributed by atoms with Crippen LogP contribution in [0.3, 0.4) is 0 Å². The quantitative estimate of drug-likeness (QED) is 0.704. The molecule has 1 saturated carbocycles. The molecule has 0 saturated heterocycles. The monoisotopic (exact) mass is 210 g/mol. The van der Waals surface area contributed by atoms with E-state index in [4.69, 9.17) is 10.5 Å². The summed E-state index contributed by atoms with van der Waals surface area (Å²) in [5.74, 6) is 0.752. The Bertz CT molecular complexity index is 238. The fourth-order valence-electron chi connectivity index (χ4n) is 2.65. The van der Waals surface area contributed by atoms with Gasteiger partial charge in [-0.3, -0.25) is 4.90 Å². The third-order valence-electron chi connectivity index (χ3n) is 3.81. The summed E-state index contributed by atoms with van der Waals surface area (Å²) in [7, 11) is 1.77. The molecule has 0 aromatic carbocycles. The summed E-state index contributed by atoms with van der Waals surface area (Å²) in [6, 6.07) is 0.760. The molecule has 86 valence electrons. The molecule has 0 radical (unpaired) electrons. The highest BCUT2D eigenvalue weighted by molar-refractivity contribution is 5.09.